The van der Waals surface area contributed by atoms with Crippen molar-refractivity contribution in [3.8, 4) is 0 Å². The van der Waals surface area contributed by atoms with Crippen LogP contribution in [-0.2, 0) is 14.3 Å². The second-order valence-corrected chi connectivity index (χ2v) is 10.7. The van der Waals surface area contributed by atoms with E-state index < -0.39 is 18.0 Å². The Bertz CT molecular complexity index is 1770. The van der Waals surface area contributed by atoms with Gasteiger partial charge in [0.1, 0.15) is 0 Å². The number of thiazole rings is 1. The van der Waals surface area contributed by atoms with Crippen molar-refractivity contribution in [1.82, 2.24) is 4.57 Å². The minimum Gasteiger partial charge on any atom is -0.465 e. The van der Waals surface area contributed by atoms with E-state index >= 15 is 0 Å². The molecule has 1 aliphatic heterocycles. The maximum Gasteiger partial charge on any atom is 0.338 e. The number of hydrogen-bond donors (Lipinski definition) is 0. The zero-order chi connectivity index (χ0) is 28.2. The van der Waals surface area contributed by atoms with Crippen LogP contribution in [0.5, 0.6) is 0 Å². The topological polar surface area (TPSA) is 87.0 Å². The average Bonchev–Trinajstić information content (AvgIpc) is 3.31. The van der Waals surface area contributed by atoms with Gasteiger partial charge in [-0.25, -0.2) is 14.6 Å². The Morgan fingerprint density at radius 1 is 1.00 bits per heavy atom. The molecular formula is C31H26N2O5S2. The molecule has 0 fully saturated rings. The molecule has 0 amide bonds. The Morgan fingerprint density at radius 3 is 2.33 bits per heavy atom. The molecule has 1 atom stereocenters. The molecule has 40 heavy (non-hydrogen) atoms. The van der Waals surface area contributed by atoms with Gasteiger partial charge in [0.15, 0.2) is 4.80 Å². The fourth-order valence-electron chi connectivity index (χ4n) is 4.53. The summed E-state index contributed by atoms with van der Waals surface area (Å²) in [7, 11) is 1.33. The van der Waals surface area contributed by atoms with Gasteiger partial charge in [0.05, 0.1) is 41.1 Å². The molecule has 4 aromatic rings. The van der Waals surface area contributed by atoms with Gasteiger partial charge in [0.2, 0.25) is 0 Å². The molecular weight excluding hydrogens is 544 g/mol. The summed E-state index contributed by atoms with van der Waals surface area (Å²) in [6.45, 7) is 1.94. The third kappa shape index (κ3) is 5.30. The Kier molecular flexibility index (Phi) is 8.14. The van der Waals surface area contributed by atoms with Crippen LogP contribution in [0.2, 0.25) is 0 Å². The Labute approximate surface area is 239 Å². The minimum atomic E-state index is -0.731. The lowest BCUT2D eigenvalue weighted by Gasteiger charge is -2.26. The fraction of sp³-hybridized carbons (Fsp3) is 0.161. The second kappa shape index (κ2) is 11.9. The number of methoxy groups -OCH3 is 1. The lowest BCUT2D eigenvalue weighted by molar-refractivity contribution is -0.138. The van der Waals surface area contributed by atoms with Gasteiger partial charge in [0.25, 0.3) is 5.56 Å². The summed E-state index contributed by atoms with van der Waals surface area (Å²) in [6.07, 6.45) is 3.75. The van der Waals surface area contributed by atoms with Crippen LogP contribution in [0.25, 0.3) is 11.8 Å². The molecule has 0 bridgehead atoms. The van der Waals surface area contributed by atoms with Gasteiger partial charge in [-0.3, -0.25) is 9.36 Å². The van der Waals surface area contributed by atoms with Crippen molar-refractivity contribution >= 4 is 46.8 Å². The highest BCUT2D eigenvalue weighted by Crippen LogP contribution is 2.35. The molecule has 7 nitrogen and oxygen atoms in total. The molecule has 202 valence electrons. The van der Waals surface area contributed by atoms with E-state index in [-0.39, 0.29) is 12.2 Å². The molecule has 1 aromatic heterocycles. The lowest BCUT2D eigenvalue weighted by atomic mass is 9.93. The normalized spacial score (nSPS) is 14.9. The van der Waals surface area contributed by atoms with Crippen molar-refractivity contribution < 1.29 is 19.1 Å². The zero-order valence-corrected chi connectivity index (χ0v) is 23.8. The van der Waals surface area contributed by atoms with Crippen LogP contribution in [0.15, 0.2) is 99.1 Å². The highest BCUT2D eigenvalue weighted by atomic mass is 32.2. The summed E-state index contributed by atoms with van der Waals surface area (Å²) in [5.74, 6) is -0.949. The van der Waals surface area contributed by atoms with E-state index in [9.17, 15) is 14.4 Å². The van der Waals surface area contributed by atoms with Crippen molar-refractivity contribution in [2.75, 3.05) is 20.0 Å². The highest BCUT2D eigenvalue weighted by Gasteiger charge is 2.35. The van der Waals surface area contributed by atoms with Crippen molar-refractivity contribution in [2.45, 2.75) is 17.9 Å². The van der Waals surface area contributed by atoms with Crippen LogP contribution < -0.4 is 14.9 Å². The Hall–Kier alpha value is -4.21. The van der Waals surface area contributed by atoms with Gasteiger partial charge in [-0.15, -0.1) is 11.8 Å². The first-order valence-corrected chi connectivity index (χ1v) is 14.6. The fourth-order valence-corrected chi connectivity index (χ4v) is 5.94. The van der Waals surface area contributed by atoms with Crippen molar-refractivity contribution in [2.24, 2.45) is 4.99 Å². The van der Waals surface area contributed by atoms with E-state index in [0.29, 0.717) is 26.2 Å². The first-order valence-electron chi connectivity index (χ1n) is 12.6. The second-order valence-electron chi connectivity index (χ2n) is 8.82. The molecule has 1 aliphatic rings. The third-order valence-electron chi connectivity index (χ3n) is 6.43. The predicted octanol–water partition coefficient (Wildman–Crippen LogP) is 4.44. The quantitative estimate of drug-likeness (QED) is 0.241. The summed E-state index contributed by atoms with van der Waals surface area (Å²) >= 11 is 2.86. The molecule has 0 aliphatic carbocycles. The van der Waals surface area contributed by atoms with Crippen LogP contribution in [0, 0.1) is 0 Å². The molecule has 2 heterocycles. The maximum absolute atomic E-state index is 13.9. The Balaban J connectivity index is 1.75. The minimum absolute atomic E-state index is 0.189. The smallest absolute Gasteiger partial charge is 0.338 e. The molecule has 0 saturated carbocycles. The van der Waals surface area contributed by atoms with Gasteiger partial charge < -0.3 is 9.47 Å². The van der Waals surface area contributed by atoms with Gasteiger partial charge in [0, 0.05) is 10.5 Å². The van der Waals surface area contributed by atoms with Crippen LogP contribution in [0.3, 0.4) is 0 Å². The Morgan fingerprint density at radius 2 is 1.70 bits per heavy atom. The number of hydrogen-bond acceptors (Lipinski definition) is 8. The molecule has 0 N–H and O–H groups in total. The van der Waals surface area contributed by atoms with Gasteiger partial charge in [-0.1, -0.05) is 65.9 Å². The monoisotopic (exact) mass is 570 g/mol. The standard InChI is InChI=1S/C31H26N2O5S2/c1-4-38-30(36)25-26(20-8-6-5-7-9-20)32-31-33(27(25)21-14-16-23(39-3)17-15-21)28(34)24(40-31)18-19-10-12-22(13-11-19)29(35)37-2/h5-18,27H,4H2,1-3H3/b24-18-/t27-/m1/s1. The van der Waals surface area contributed by atoms with E-state index in [1.54, 1.807) is 53.6 Å². The van der Waals surface area contributed by atoms with Crippen molar-refractivity contribution in [3.63, 3.8) is 0 Å². The first-order chi connectivity index (χ1) is 19.4. The molecule has 5 rings (SSSR count). The third-order valence-corrected chi connectivity index (χ3v) is 8.16. The summed E-state index contributed by atoms with van der Waals surface area (Å²) in [5, 5.41) is 0. The van der Waals surface area contributed by atoms with E-state index in [4.69, 9.17) is 14.5 Å². The van der Waals surface area contributed by atoms with Crippen molar-refractivity contribution in [3.05, 3.63) is 126 Å². The van der Waals surface area contributed by atoms with Crippen LogP contribution in [0.4, 0.5) is 0 Å². The predicted molar refractivity (Wildman–Crippen MR) is 157 cm³/mol. The lowest BCUT2D eigenvalue weighted by Crippen LogP contribution is -2.40. The number of rotatable bonds is 7. The van der Waals surface area contributed by atoms with Crippen molar-refractivity contribution in [1.29, 1.82) is 0 Å². The number of esters is 2. The number of fused-ring (bicyclic) bond motifs is 1. The number of carbonyl (C=O) groups is 2. The molecule has 9 heteroatoms. The average molecular weight is 571 g/mol. The van der Waals surface area contributed by atoms with Crippen LogP contribution in [0.1, 0.15) is 40.0 Å². The van der Waals surface area contributed by atoms with Gasteiger partial charge in [-0.05, 0) is 54.6 Å². The summed E-state index contributed by atoms with van der Waals surface area (Å²) in [4.78, 5) is 45.7. The number of benzene rings is 3. The van der Waals surface area contributed by atoms with Crippen LogP contribution >= 0.6 is 23.1 Å². The van der Waals surface area contributed by atoms with E-state index in [1.807, 2.05) is 60.9 Å². The zero-order valence-electron chi connectivity index (χ0n) is 22.1. The summed E-state index contributed by atoms with van der Waals surface area (Å²) < 4.78 is 12.3. The number of nitrogens with zero attached hydrogens (tertiary/aromatic N) is 2. The summed E-state index contributed by atoms with van der Waals surface area (Å²) in [5.41, 5.74) is 3.22. The number of ether oxygens (including phenoxy) is 2. The summed E-state index contributed by atoms with van der Waals surface area (Å²) in [6, 6.07) is 23.4. The van der Waals surface area contributed by atoms with Gasteiger partial charge >= 0.3 is 11.9 Å². The number of aromatic nitrogens is 1. The molecule has 0 unspecified atom stereocenters. The molecule has 0 saturated heterocycles. The largest absolute Gasteiger partial charge is 0.465 e. The van der Waals surface area contributed by atoms with E-state index in [0.717, 1.165) is 21.6 Å². The van der Waals surface area contributed by atoms with Gasteiger partial charge in [-0.2, -0.15) is 0 Å². The van der Waals surface area contributed by atoms with E-state index in [1.165, 1.54) is 18.4 Å². The highest BCUT2D eigenvalue weighted by molar-refractivity contribution is 7.98. The van der Waals surface area contributed by atoms with E-state index in [2.05, 4.69) is 0 Å². The first kappa shape index (κ1) is 27.4. The number of thioether (sulfide) groups is 1. The van der Waals surface area contributed by atoms with Crippen LogP contribution in [-0.4, -0.2) is 36.5 Å². The molecule has 0 radical (unpaired) electrons. The molecule has 3 aromatic carbocycles. The maximum atomic E-state index is 13.9. The number of carbonyl (C=O) groups excluding carboxylic acids is 2. The molecule has 0 spiro atoms. The SMILES string of the molecule is CCOC(=O)C1=C(c2ccccc2)N=c2s/c(=C\c3ccc(C(=O)OC)cc3)c(=O)n2[C@@H]1c1ccc(SC)cc1.